The molecule has 1 aliphatic rings. The van der Waals surface area contributed by atoms with Crippen molar-refractivity contribution in [2.45, 2.75) is 0 Å². The number of thioether (sulfide) groups is 1. The van der Waals surface area contributed by atoms with Crippen LogP contribution in [0.15, 0.2) is 18.5 Å². The van der Waals surface area contributed by atoms with Crippen LogP contribution < -0.4 is 11.1 Å². The van der Waals surface area contributed by atoms with Gasteiger partial charge in [-0.3, -0.25) is 4.90 Å². The lowest BCUT2D eigenvalue weighted by Crippen LogP contribution is -2.36. The molecule has 1 aliphatic heterocycles. The highest BCUT2D eigenvalue weighted by Crippen LogP contribution is 2.09. The predicted molar refractivity (Wildman–Crippen MR) is 83.6 cm³/mol. The molecule has 21 heavy (non-hydrogen) atoms. The van der Waals surface area contributed by atoms with Crippen LogP contribution in [-0.4, -0.2) is 67.3 Å². The molecular formula is C12H18N8S. The fourth-order valence-electron chi connectivity index (χ4n) is 2.10. The fourth-order valence-corrected chi connectivity index (χ4v) is 3.08. The minimum absolute atomic E-state index is 0.187. The third kappa shape index (κ3) is 3.82. The first-order valence-electron chi connectivity index (χ1n) is 6.87. The van der Waals surface area contributed by atoms with Gasteiger partial charge in [0.05, 0.1) is 0 Å². The van der Waals surface area contributed by atoms with Crippen LogP contribution in [0.5, 0.6) is 0 Å². The van der Waals surface area contributed by atoms with Crippen molar-refractivity contribution in [1.82, 2.24) is 29.6 Å². The lowest BCUT2D eigenvalue weighted by atomic mass is 10.4. The summed E-state index contributed by atoms with van der Waals surface area (Å²) in [6, 6.07) is 1.81. The fraction of sp³-hybridized carbons (Fsp3) is 0.500. The number of nitrogens with zero attached hydrogens (tertiary/aromatic N) is 6. The molecule has 3 N–H and O–H groups in total. The number of aromatic nitrogens is 5. The first-order chi connectivity index (χ1) is 10.3. The van der Waals surface area contributed by atoms with Gasteiger partial charge in [-0.05, 0) is 6.07 Å². The second-order valence-electron chi connectivity index (χ2n) is 4.65. The van der Waals surface area contributed by atoms with Crippen LogP contribution >= 0.6 is 11.8 Å². The van der Waals surface area contributed by atoms with Gasteiger partial charge < -0.3 is 11.1 Å². The van der Waals surface area contributed by atoms with Crippen LogP contribution in [-0.2, 0) is 0 Å². The van der Waals surface area contributed by atoms with Crippen molar-refractivity contribution in [3.05, 3.63) is 18.5 Å². The van der Waals surface area contributed by atoms with E-state index in [0.29, 0.717) is 11.9 Å². The van der Waals surface area contributed by atoms with Crippen LogP contribution in [0.25, 0.3) is 5.95 Å². The van der Waals surface area contributed by atoms with Crippen LogP contribution in [0.4, 0.5) is 11.9 Å². The summed E-state index contributed by atoms with van der Waals surface area (Å²) in [4.78, 5) is 14.9. The van der Waals surface area contributed by atoms with Crippen molar-refractivity contribution in [2.24, 2.45) is 0 Å². The Morgan fingerprint density at radius 1 is 1.24 bits per heavy atom. The Morgan fingerprint density at radius 2 is 2.10 bits per heavy atom. The molecule has 1 fully saturated rings. The number of hydrogen-bond donors (Lipinski definition) is 2. The standard InChI is InChI=1S/C12H18N8S/c13-10-16-11(14-3-5-19-6-8-21-9-7-19)18-12(17-10)20-4-1-2-15-20/h1-2,4H,3,5-9H2,(H3,13,14,16,17,18). The lowest BCUT2D eigenvalue weighted by Gasteiger charge is -2.25. The van der Waals surface area contributed by atoms with E-state index in [9.17, 15) is 0 Å². The van der Waals surface area contributed by atoms with Crippen molar-refractivity contribution >= 4 is 23.7 Å². The van der Waals surface area contributed by atoms with Gasteiger partial charge in [-0.2, -0.15) is 31.8 Å². The van der Waals surface area contributed by atoms with E-state index in [1.54, 1.807) is 23.1 Å². The topological polar surface area (TPSA) is 97.8 Å². The monoisotopic (exact) mass is 306 g/mol. The van der Waals surface area contributed by atoms with Gasteiger partial charge in [0.1, 0.15) is 0 Å². The van der Waals surface area contributed by atoms with E-state index in [4.69, 9.17) is 5.73 Å². The van der Waals surface area contributed by atoms with Crippen molar-refractivity contribution in [2.75, 3.05) is 48.7 Å². The summed E-state index contributed by atoms with van der Waals surface area (Å²) in [7, 11) is 0. The normalized spacial score (nSPS) is 16.0. The Morgan fingerprint density at radius 3 is 2.86 bits per heavy atom. The minimum atomic E-state index is 0.187. The highest BCUT2D eigenvalue weighted by atomic mass is 32.2. The summed E-state index contributed by atoms with van der Waals surface area (Å²) >= 11 is 2.01. The molecule has 0 aromatic carbocycles. The zero-order valence-electron chi connectivity index (χ0n) is 11.6. The molecule has 1 saturated heterocycles. The summed E-state index contributed by atoms with van der Waals surface area (Å²) in [5, 5.41) is 7.30. The lowest BCUT2D eigenvalue weighted by molar-refractivity contribution is 0.314. The third-order valence-electron chi connectivity index (χ3n) is 3.17. The summed E-state index contributed by atoms with van der Waals surface area (Å²) < 4.78 is 1.56. The third-order valence-corrected chi connectivity index (χ3v) is 4.11. The summed E-state index contributed by atoms with van der Waals surface area (Å²) in [6.45, 7) is 4.05. The number of anilines is 2. The first kappa shape index (κ1) is 14.1. The smallest absolute Gasteiger partial charge is 0.257 e. The molecule has 0 atom stereocenters. The van der Waals surface area contributed by atoms with Gasteiger partial charge in [-0.25, -0.2) is 4.68 Å². The van der Waals surface area contributed by atoms with E-state index in [2.05, 4.69) is 30.3 Å². The molecule has 0 bridgehead atoms. The highest BCUT2D eigenvalue weighted by Gasteiger charge is 2.10. The largest absolute Gasteiger partial charge is 0.368 e. The van der Waals surface area contributed by atoms with E-state index in [0.717, 1.165) is 26.2 Å². The van der Waals surface area contributed by atoms with Gasteiger partial charge in [0.2, 0.25) is 11.9 Å². The van der Waals surface area contributed by atoms with E-state index >= 15 is 0 Å². The molecule has 9 heteroatoms. The maximum absolute atomic E-state index is 5.72. The number of nitrogens with two attached hydrogens (primary N) is 1. The summed E-state index contributed by atoms with van der Waals surface area (Å²) in [5.74, 6) is 3.51. The first-order valence-corrected chi connectivity index (χ1v) is 8.02. The molecule has 0 amide bonds. The average molecular weight is 306 g/mol. The Kier molecular flexibility index (Phi) is 4.51. The quantitative estimate of drug-likeness (QED) is 0.802. The van der Waals surface area contributed by atoms with E-state index < -0.39 is 0 Å². The van der Waals surface area contributed by atoms with E-state index in [1.807, 2.05) is 11.8 Å². The molecule has 0 spiro atoms. The number of nitrogen functional groups attached to an aromatic ring is 1. The molecule has 112 valence electrons. The summed E-state index contributed by atoms with van der Waals surface area (Å²) in [6.07, 6.45) is 3.44. The maximum Gasteiger partial charge on any atom is 0.257 e. The molecule has 3 rings (SSSR count). The van der Waals surface area contributed by atoms with Crippen LogP contribution in [0, 0.1) is 0 Å². The molecule has 2 aromatic rings. The van der Waals surface area contributed by atoms with Gasteiger partial charge in [-0.15, -0.1) is 0 Å². The van der Waals surface area contributed by atoms with Gasteiger partial charge in [0, 0.05) is 50.1 Å². The molecule has 3 heterocycles. The zero-order chi connectivity index (χ0) is 14.5. The van der Waals surface area contributed by atoms with Gasteiger partial charge in [0.15, 0.2) is 0 Å². The predicted octanol–water partition coefficient (Wildman–Crippen LogP) is 0.100. The van der Waals surface area contributed by atoms with E-state index in [-0.39, 0.29) is 5.95 Å². The molecule has 8 nitrogen and oxygen atoms in total. The Balaban J connectivity index is 1.60. The summed E-state index contributed by atoms with van der Waals surface area (Å²) in [5.41, 5.74) is 5.72. The minimum Gasteiger partial charge on any atom is -0.368 e. The Labute approximate surface area is 127 Å². The molecule has 2 aromatic heterocycles. The highest BCUT2D eigenvalue weighted by molar-refractivity contribution is 7.99. The van der Waals surface area contributed by atoms with Crippen LogP contribution in [0.1, 0.15) is 0 Å². The maximum atomic E-state index is 5.72. The van der Waals surface area contributed by atoms with Gasteiger partial charge in [0.25, 0.3) is 5.95 Å². The number of hydrogen-bond acceptors (Lipinski definition) is 8. The Hall–Kier alpha value is -1.87. The second kappa shape index (κ2) is 6.72. The Bertz CT molecular complexity index is 567. The van der Waals surface area contributed by atoms with Gasteiger partial charge >= 0.3 is 0 Å². The van der Waals surface area contributed by atoms with Crippen molar-refractivity contribution < 1.29 is 0 Å². The van der Waals surface area contributed by atoms with Crippen LogP contribution in [0.3, 0.4) is 0 Å². The zero-order valence-corrected chi connectivity index (χ0v) is 12.5. The van der Waals surface area contributed by atoms with Crippen molar-refractivity contribution in [3.63, 3.8) is 0 Å². The number of nitrogens with one attached hydrogen (secondary N) is 1. The molecule has 0 aliphatic carbocycles. The number of rotatable bonds is 5. The molecule has 0 saturated carbocycles. The van der Waals surface area contributed by atoms with Crippen LogP contribution in [0.2, 0.25) is 0 Å². The van der Waals surface area contributed by atoms with Gasteiger partial charge in [-0.1, -0.05) is 0 Å². The SMILES string of the molecule is Nc1nc(NCCN2CCSCC2)nc(-n2cccn2)n1. The molecular weight excluding hydrogens is 288 g/mol. The molecule has 0 unspecified atom stereocenters. The van der Waals surface area contributed by atoms with Crippen molar-refractivity contribution in [3.8, 4) is 5.95 Å². The average Bonchev–Trinajstić information content (AvgIpc) is 3.02. The second-order valence-corrected chi connectivity index (χ2v) is 5.87. The van der Waals surface area contributed by atoms with Crippen molar-refractivity contribution in [1.29, 1.82) is 0 Å². The van der Waals surface area contributed by atoms with E-state index in [1.165, 1.54) is 11.5 Å². The molecule has 0 radical (unpaired) electrons.